The Morgan fingerprint density at radius 3 is 2.65 bits per heavy atom. The summed E-state index contributed by atoms with van der Waals surface area (Å²) in [7, 11) is 1.06. The molecule has 0 spiro atoms. The first-order chi connectivity index (χ1) is 16.1. The van der Waals surface area contributed by atoms with E-state index in [1.807, 2.05) is 13.0 Å². The van der Waals surface area contributed by atoms with E-state index in [1.54, 1.807) is 27.1 Å². The Balaban J connectivity index is 1.70. The van der Waals surface area contributed by atoms with Gasteiger partial charge in [0.2, 0.25) is 0 Å². The van der Waals surface area contributed by atoms with E-state index in [2.05, 4.69) is 19.6 Å². The molecular weight excluding hydrogens is 457 g/mol. The quantitative estimate of drug-likeness (QED) is 0.549. The molecule has 0 aliphatic carbocycles. The number of hydrogen-bond acceptors (Lipinski definition) is 7. The fraction of sp³-hybridized carbons (Fsp3) is 0.375. The van der Waals surface area contributed by atoms with Gasteiger partial charge >= 0.3 is 0 Å². The predicted molar refractivity (Wildman–Crippen MR) is 132 cm³/mol. The van der Waals surface area contributed by atoms with Gasteiger partial charge < -0.3 is 15.0 Å². The monoisotopic (exact) mass is 485 g/mol. The van der Waals surface area contributed by atoms with Crippen LogP contribution in [0.3, 0.4) is 0 Å². The third-order valence-electron chi connectivity index (χ3n) is 5.66. The lowest BCUT2D eigenvalue weighted by molar-refractivity contribution is -0.135. The number of nitrogens with one attached hydrogen (secondary N) is 1. The minimum Gasteiger partial charge on any atom is -0.479 e. The van der Waals surface area contributed by atoms with Gasteiger partial charge in [0.1, 0.15) is 23.7 Å². The number of ether oxygens (including phenoxy) is 1. The molecule has 8 nitrogen and oxygen atoms in total. The molecule has 1 aliphatic rings. The van der Waals surface area contributed by atoms with Crippen molar-refractivity contribution in [3.05, 3.63) is 48.0 Å². The Kier molecular flexibility index (Phi) is 6.70. The molecule has 1 atom stereocenters. The molecule has 1 saturated heterocycles. The maximum Gasteiger partial charge on any atom is 0.262 e. The topological polar surface area (TPSA) is 96.8 Å². The van der Waals surface area contributed by atoms with Gasteiger partial charge in [-0.1, -0.05) is 0 Å². The lowest BCUT2D eigenvalue weighted by atomic mass is 10.1. The first-order valence-electron chi connectivity index (χ1n) is 11.1. The number of aromatic nitrogens is 2. The van der Waals surface area contributed by atoms with E-state index in [-0.39, 0.29) is 11.7 Å². The van der Waals surface area contributed by atoms with Gasteiger partial charge in [0.15, 0.2) is 6.10 Å². The van der Waals surface area contributed by atoms with E-state index in [9.17, 15) is 13.4 Å². The summed E-state index contributed by atoms with van der Waals surface area (Å²) in [5, 5.41) is 3.96. The van der Waals surface area contributed by atoms with Crippen LogP contribution >= 0.6 is 0 Å². The normalized spacial score (nSPS) is 15.7. The Labute approximate surface area is 198 Å². The molecular formula is C24H28FN5O3S. The number of halogens is 1. The summed E-state index contributed by atoms with van der Waals surface area (Å²) in [5.41, 5.74) is 2.62. The number of nitrogens with zero attached hydrogens (tertiary/aromatic N) is 4. The second-order valence-electron chi connectivity index (χ2n) is 8.62. The maximum absolute atomic E-state index is 14.0. The average Bonchev–Trinajstić information content (AvgIpc) is 3.20. The lowest BCUT2D eigenvalue weighted by Gasteiger charge is -2.20. The molecule has 2 heterocycles. The number of anilines is 2. The van der Waals surface area contributed by atoms with Crippen molar-refractivity contribution in [2.45, 2.75) is 32.8 Å². The van der Waals surface area contributed by atoms with Crippen molar-refractivity contribution in [2.24, 2.45) is 4.36 Å². The third kappa shape index (κ3) is 5.11. The van der Waals surface area contributed by atoms with Crippen LogP contribution in [0.25, 0.3) is 10.9 Å². The summed E-state index contributed by atoms with van der Waals surface area (Å²) in [6.07, 6.45) is 2.49. The molecule has 0 bridgehead atoms. The van der Waals surface area contributed by atoms with Gasteiger partial charge in [-0.3, -0.25) is 4.79 Å². The molecule has 3 aromatic rings. The highest BCUT2D eigenvalue weighted by Gasteiger charge is 2.20. The summed E-state index contributed by atoms with van der Waals surface area (Å²) < 4.78 is 37.2. The Hall–Kier alpha value is -3.27. The molecule has 1 N–H and O–H groups in total. The zero-order chi connectivity index (χ0) is 24.5. The van der Waals surface area contributed by atoms with Gasteiger partial charge in [0.05, 0.1) is 26.6 Å². The van der Waals surface area contributed by atoms with Gasteiger partial charge in [-0.05, 0) is 56.5 Å². The average molecular weight is 486 g/mol. The van der Waals surface area contributed by atoms with Crippen molar-refractivity contribution < 1.29 is 18.1 Å². The second kappa shape index (κ2) is 9.54. The van der Waals surface area contributed by atoms with Crippen LogP contribution in [-0.4, -0.2) is 56.7 Å². The predicted octanol–water partition coefficient (Wildman–Crippen LogP) is 4.57. The zero-order valence-corrected chi connectivity index (χ0v) is 20.5. The molecule has 4 rings (SSSR count). The first-order valence-corrected chi connectivity index (χ1v) is 12.9. The lowest BCUT2D eigenvalue weighted by Crippen LogP contribution is -2.35. The van der Waals surface area contributed by atoms with Crippen molar-refractivity contribution in [3.8, 4) is 5.75 Å². The van der Waals surface area contributed by atoms with Crippen molar-refractivity contribution >= 4 is 43.7 Å². The van der Waals surface area contributed by atoms with Crippen LogP contribution < -0.4 is 10.1 Å². The van der Waals surface area contributed by atoms with Gasteiger partial charge in [-0.25, -0.2) is 18.6 Å². The van der Waals surface area contributed by atoms with Gasteiger partial charge in [-0.2, -0.15) is 4.36 Å². The summed E-state index contributed by atoms with van der Waals surface area (Å²) >= 11 is 0. The van der Waals surface area contributed by atoms with E-state index in [0.29, 0.717) is 34.2 Å². The van der Waals surface area contributed by atoms with Crippen LogP contribution in [-0.2, 0) is 14.5 Å². The number of carbonyl (C=O) groups is 1. The molecule has 0 unspecified atom stereocenters. The molecule has 1 fully saturated rings. The summed E-state index contributed by atoms with van der Waals surface area (Å²) in [4.78, 5) is 22.4. The summed E-state index contributed by atoms with van der Waals surface area (Å²) in [5.74, 6) is 1.22. The summed E-state index contributed by atoms with van der Waals surface area (Å²) in [6, 6.07) is 7.75. The number of rotatable bonds is 6. The van der Waals surface area contributed by atoms with Crippen molar-refractivity contribution in [1.82, 2.24) is 14.9 Å². The molecule has 2 aromatic carbocycles. The van der Waals surface area contributed by atoms with Gasteiger partial charge in [0.25, 0.3) is 5.91 Å². The van der Waals surface area contributed by atoms with Crippen LogP contribution in [0.5, 0.6) is 5.75 Å². The Bertz CT molecular complexity index is 1360. The molecule has 0 radical (unpaired) electrons. The standard InChI is InChI=1S/C24H28FN5O3S/c1-15-11-18(29-34(32)9-5-6-10-34)13-20-22(15)23(27-14-26-20)28-19-8-7-17(25)12-21(19)33-16(2)24(31)30(3)4/h7-8,11-14,16H,5-6,9-10H2,1-4H3,(H,26,27,28)/t16-/m1/s1. The van der Waals surface area contributed by atoms with E-state index < -0.39 is 21.7 Å². The highest BCUT2D eigenvalue weighted by molar-refractivity contribution is 7.93. The highest BCUT2D eigenvalue weighted by atomic mass is 32.2. The molecule has 0 saturated carbocycles. The van der Waals surface area contributed by atoms with E-state index in [4.69, 9.17) is 4.74 Å². The Morgan fingerprint density at radius 2 is 1.94 bits per heavy atom. The minimum absolute atomic E-state index is 0.192. The fourth-order valence-corrected chi connectivity index (χ4v) is 6.18. The maximum atomic E-state index is 14.0. The number of fused-ring (bicyclic) bond motifs is 1. The SMILES string of the molecule is Cc1cc(N=S2(=O)CCCC2)cc2ncnc(Nc3ccc(F)cc3O[C@H](C)C(=O)N(C)C)c12. The molecule has 34 heavy (non-hydrogen) atoms. The number of likely N-dealkylation sites (N-methyl/N-ethyl adjacent to an activating group) is 1. The number of amides is 1. The third-order valence-corrected chi connectivity index (χ3v) is 8.05. The molecule has 1 amide bonds. The minimum atomic E-state index is -2.20. The highest BCUT2D eigenvalue weighted by Crippen LogP contribution is 2.34. The summed E-state index contributed by atoms with van der Waals surface area (Å²) in [6.45, 7) is 3.53. The van der Waals surface area contributed by atoms with Crippen molar-refractivity contribution in [3.63, 3.8) is 0 Å². The van der Waals surface area contributed by atoms with Gasteiger partial charge in [0, 0.05) is 37.1 Å². The van der Waals surface area contributed by atoms with Crippen LogP contribution in [0, 0.1) is 12.7 Å². The smallest absolute Gasteiger partial charge is 0.262 e. The van der Waals surface area contributed by atoms with Crippen molar-refractivity contribution in [2.75, 3.05) is 30.9 Å². The molecule has 1 aliphatic heterocycles. The molecule has 10 heteroatoms. The van der Waals surface area contributed by atoms with E-state index >= 15 is 0 Å². The Morgan fingerprint density at radius 1 is 1.21 bits per heavy atom. The van der Waals surface area contributed by atoms with Crippen LogP contribution in [0.2, 0.25) is 0 Å². The van der Waals surface area contributed by atoms with Crippen LogP contribution in [0.15, 0.2) is 41.0 Å². The number of aryl methyl sites for hydroxylation is 1. The van der Waals surface area contributed by atoms with Crippen LogP contribution in [0.1, 0.15) is 25.3 Å². The first kappa shape index (κ1) is 23.9. The fourth-order valence-electron chi connectivity index (χ4n) is 3.99. The van der Waals surface area contributed by atoms with Gasteiger partial charge in [-0.15, -0.1) is 0 Å². The van der Waals surface area contributed by atoms with Crippen LogP contribution in [0.4, 0.5) is 21.6 Å². The van der Waals surface area contributed by atoms with E-state index in [0.717, 1.165) is 23.8 Å². The second-order valence-corrected chi connectivity index (χ2v) is 11.2. The number of hydrogen-bond donors (Lipinski definition) is 1. The largest absolute Gasteiger partial charge is 0.479 e. The van der Waals surface area contributed by atoms with E-state index in [1.165, 1.54) is 29.4 Å². The molecule has 180 valence electrons. The number of carbonyl (C=O) groups excluding carboxylic acids is 1. The molecule has 1 aromatic heterocycles. The number of benzene rings is 2. The van der Waals surface area contributed by atoms with Crippen molar-refractivity contribution in [1.29, 1.82) is 0 Å². The zero-order valence-electron chi connectivity index (χ0n) is 19.7.